The summed E-state index contributed by atoms with van der Waals surface area (Å²) in [4.78, 5) is 15.8. The molecular formula is C10H10BrN5. The van der Waals surface area contributed by atoms with Crippen LogP contribution in [0.4, 0.5) is 5.95 Å². The molecule has 0 saturated heterocycles. The van der Waals surface area contributed by atoms with Crippen LogP contribution in [0.1, 0.15) is 24.6 Å². The van der Waals surface area contributed by atoms with Crippen LogP contribution >= 0.6 is 15.9 Å². The van der Waals surface area contributed by atoms with Crippen molar-refractivity contribution in [2.45, 2.75) is 18.8 Å². The van der Waals surface area contributed by atoms with E-state index in [1.807, 2.05) is 0 Å². The minimum atomic E-state index is 0.397. The fourth-order valence-corrected chi connectivity index (χ4v) is 1.97. The molecule has 0 bridgehead atoms. The lowest BCUT2D eigenvalue weighted by molar-refractivity contribution is 0.924. The second kappa shape index (κ2) is 3.55. The van der Waals surface area contributed by atoms with E-state index in [-0.39, 0.29) is 0 Å². The van der Waals surface area contributed by atoms with Crippen molar-refractivity contribution in [3.8, 4) is 11.4 Å². The lowest BCUT2D eigenvalue weighted by Gasteiger charge is -2.03. The van der Waals surface area contributed by atoms with Crippen molar-refractivity contribution >= 4 is 21.9 Å². The van der Waals surface area contributed by atoms with Crippen LogP contribution in [0.25, 0.3) is 11.4 Å². The van der Waals surface area contributed by atoms with Crippen molar-refractivity contribution in [3.05, 3.63) is 22.7 Å². The van der Waals surface area contributed by atoms with Crippen LogP contribution in [0.3, 0.4) is 0 Å². The van der Waals surface area contributed by atoms with Crippen molar-refractivity contribution in [2.24, 2.45) is 0 Å². The van der Waals surface area contributed by atoms with Crippen LogP contribution in [0.5, 0.6) is 0 Å². The Bertz CT molecular complexity index is 532. The minimum absolute atomic E-state index is 0.397. The summed E-state index contributed by atoms with van der Waals surface area (Å²) in [6.07, 6.45) is 5.84. The Morgan fingerprint density at radius 3 is 2.75 bits per heavy atom. The van der Waals surface area contributed by atoms with Crippen LogP contribution in [0.2, 0.25) is 0 Å². The van der Waals surface area contributed by atoms with E-state index in [1.165, 1.54) is 12.8 Å². The summed E-state index contributed by atoms with van der Waals surface area (Å²) in [5.74, 6) is 1.84. The van der Waals surface area contributed by atoms with Gasteiger partial charge in [-0.2, -0.15) is 0 Å². The largest absolute Gasteiger partial charge is 0.369 e. The first kappa shape index (κ1) is 9.77. The number of nitrogen functional groups attached to an aromatic ring is 1. The predicted molar refractivity (Wildman–Crippen MR) is 63.7 cm³/mol. The molecule has 0 spiro atoms. The molecule has 0 atom stereocenters. The topological polar surface area (TPSA) is 80.5 Å². The van der Waals surface area contributed by atoms with E-state index in [0.29, 0.717) is 11.9 Å². The summed E-state index contributed by atoms with van der Waals surface area (Å²) in [5.41, 5.74) is 7.18. The lowest BCUT2D eigenvalue weighted by atomic mass is 10.3. The maximum atomic E-state index is 5.55. The van der Waals surface area contributed by atoms with Crippen molar-refractivity contribution < 1.29 is 0 Å². The van der Waals surface area contributed by atoms with E-state index >= 15 is 0 Å². The van der Waals surface area contributed by atoms with Gasteiger partial charge in [-0.05, 0) is 28.8 Å². The van der Waals surface area contributed by atoms with Crippen molar-refractivity contribution in [3.63, 3.8) is 0 Å². The number of hydrogen-bond acceptors (Lipinski definition) is 4. The third kappa shape index (κ3) is 1.69. The van der Waals surface area contributed by atoms with E-state index in [9.17, 15) is 0 Å². The quantitative estimate of drug-likeness (QED) is 0.882. The zero-order chi connectivity index (χ0) is 11.1. The van der Waals surface area contributed by atoms with Gasteiger partial charge in [0.15, 0.2) is 5.95 Å². The van der Waals surface area contributed by atoms with E-state index in [4.69, 9.17) is 5.73 Å². The van der Waals surface area contributed by atoms with Crippen LogP contribution in [0, 0.1) is 0 Å². The molecular weight excluding hydrogens is 270 g/mol. The first-order valence-electron chi connectivity index (χ1n) is 5.07. The molecule has 0 unspecified atom stereocenters. The zero-order valence-electron chi connectivity index (χ0n) is 8.44. The minimum Gasteiger partial charge on any atom is -0.369 e. The summed E-state index contributed by atoms with van der Waals surface area (Å²) in [7, 11) is 0. The number of aromatic nitrogens is 4. The molecule has 0 radical (unpaired) electrons. The van der Waals surface area contributed by atoms with Crippen LogP contribution in [0.15, 0.2) is 16.9 Å². The SMILES string of the molecule is Nc1ncc(-c2nc(C3CC3)ncc2Br)[nH]1. The zero-order valence-corrected chi connectivity index (χ0v) is 10.0. The Hall–Kier alpha value is -1.43. The summed E-state index contributed by atoms with van der Waals surface area (Å²) in [6.45, 7) is 0. The van der Waals surface area contributed by atoms with Gasteiger partial charge in [0, 0.05) is 12.1 Å². The summed E-state index contributed by atoms with van der Waals surface area (Å²) in [6, 6.07) is 0. The van der Waals surface area contributed by atoms with Gasteiger partial charge in [0.1, 0.15) is 11.5 Å². The van der Waals surface area contributed by atoms with Crippen LogP contribution < -0.4 is 5.73 Å². The highest BCUT2D eigenvalue weighted by Gasteiger charge is 2.27. The van der Waals surface area contributed by atoms with Gasteiger partial charge < -0.3 is 10.7 Å². The Kier molecular flexibility index (Phi) is 2.17. The maximum Gasteiger partial charge on any atom is 0.197 e. The van der Waals surface area contributed by atoms with Gasteiger partial charge in [-0.15, -0.1) is 0 Å². The van der Waals surface area contributed by atoms with Gasteiger partial charge in [-0.25, -0.2) is 15.0 Å². The highest BCUT2D eigenvalue weighted by Crippen LogP contribution is 2.39. The Balaban J connectivity index is 2.07. The number of halogens is 1. The second-order valence-corrected chi connectivity index (χ2v) is 4.74. The van der Waals surface area contributed by atoms with E-state index in [2.05, 4.69) is 35.9 Å². The molecule has 0 aromatic carbocycles. The predicted octanol–water partition coefficient (Wildman–Crippen LogP) is 2.09. The molecule has 1 fully saturated rings. The van der Waals surface area contributed by atoms with Gasteiger partial charge in [-0.3, -0.25) is 0 Å². The van der Waals surface area contributed by atoms with Gasteiger partial charge >= 0.3 is 0 Å². The van der Waals surface area contributed by atoms with Crippen molar-refractivity contribution in [2.75, 3.05) is 5.73 Å². The molecule has 3 rings (SSSR count). The fraction of sp³-hybridized carbons (Fsp3) is 0.300. The molecule has 6 heteroatoms. The van der Waals surface area contributed by atoms with Gasteiger partial charge in [0.05, 0.1) is 16.4 Å². The fourth-order valence-electron chi connectivity index (χ4n) is 1.56. The Morgan fingerprint density at radius 1 is 1.31 bits per heavy atom. The van der Waals surface area contributed by atoms with Crippen LogP contribution in [-0.2, 0) is 0 Å². The van der Waals surface area contributed by atoms with E-state index in [1.54, 1.807) is 12.4 Å². The lowest BCUT2D eigenvalue weighted by Crippen LogP contribution is -1.96. The number of rotatable bonds is 2. The molecule has 5 nitrogen and oxygen atoms in total. The van der Waals surface area contributed by atoms with E-state index in [0.717, 1.165) is 21.7 Å². The molecule has 0 aliphatic heterocycles. The average molecular weight is 280 g/mol. The number of aromatic amines is 1. The number of hydrogen-bond donors (Lipinski definition) is 2. The molecule has 0 amide bonds. The molecule has 1 aliphatic carbocycles. The molecule has 1 saturated carbocycles. The Labute approximate surface area is 101 Å². The molecule has 2 aromatic heterocycles. The summed E-state index contributed by atoms with van der Waals surface area (Å²) < 4.78 is 0.848. The monoisotopic (exact) mass is 279 g/mol. The first-order valence-corrected chi connectivity index (χ1v) is 5.86. The first-order chi connectivity index (χ1) is 7.74. The van der Waals surface area contributed by atoms with Gasteiger partial charge in [0.25, 0.3) is 0 Å². The smallest absolute Gasteiger partial charge is 0.197 e. The van der Waals surface area contributed by atoms with Crippen molar-refractivity contribution in [1.29, 1.82) is 0 Å². The van der Waals surface area contributed by atoms with Crippen molar-refractivity contribution in [1.82, 2.24) is 19.9 Å². The number of nitrogens with zero attached hydrogens (tertiary/aromatic N) is 3. The second-order valence-electron chi connectivity index (χ2n) is 3.88. The Morgan fingerprint density at radius 2 is 2.12 bits per heavy atom. The summed E-state index contributed by atoms with van der Waals surface area (Å²) >= 11 is 3.43. The molecule has 82 valence electrons. The number of H-pyrrole nitrogens is 1. The number of anilines is 1. The highest BCUT2D eigenvalue weighted by molar-refractivity contribution is 9.10. The number of nitrogens with two attached hydrogens (primary N) is 1. The van der Waals surface area contributed by atoms with E-state index < -0.39 is 0 Å². The standard InChI is InChI=1S/C10H10BrN5/c11-6-3-13-9(5-1-2-5)16-8(6)7-4-14-10(12)15-7/h3-5H,1-2H2,(H3,12,14,15). The molecule has 3 N–H and O–H groups in total. The number of nitrogens with one attached hydrogen (secondary N) is 1. The maximum absolute atomic E-state index is 5.55. The average Bonchev–Trinajstić information content (AvgIpc) is 3.03. The number of imidazole rings is 1. The summed E-state index contributed by atoms with van der Waals surface area (Å²) in [5, 5.41) is 0. The third-order valence-corrected chi connectivity index (χ3v) is 3.14. The highest BCUT2D eigenvalue weighted by atomic mass is 79.9. The van der Waals surface area contributed by atoms with Gasteiger partial charge in [-0.1, -0.05) is 0 Å². The molecule has 2 heterocycles. The molecule has 16 heavy (non-hydrogen) atoms. The normalized spacial score (nSPS) is 15.3. The van der Waals surface area contributed by atoms with Crippen LogP contribution in [-0.4, -0.2) is 19.9 Å². The molecule has 2 aromatic rings. The van der Waals surface area contributed by atoms with Gasteiger partial charge in [0.2, 0.25) is 0 Å². The molecule has 1 aliphatic rings. The third-order valence-electron chi connectivity index (χ3n) is 2.56.